The van der Waals surface area contributed by atoms with E-state index in [0.29, 0.717) is 6.04 Å². The van der Waals surface area contributed by atoms with Crippen molar-refractivity contribution in [3.63, 3.8) is 0 Å². The van der Waals surface area contributed by atoms with Crippen molar-refractivity contribution in [2.45, 2.75) is 40.3 Å². The maximum atomic E-state index is 4.51. The summed E-state index contributed by atoms with van der Waals surface area (Å²) in [4.78, 5) is 5.85. The Labute approximate surface area is 101 Å². The van der Waals surface area contributed by atoms with E-state index in [9.17, 15) is 0 Å². The quantitative estimate of drug-likeness (QED) is 0.833. The standard InChI is InChI=1S/C11H20N2S2/c1-5-14-7-8(2)12-6-11-13-9(3)10(4)15-11/h8,12H,5-7H2,1-4H3. The number of hydrogen-bond donors (Lipinski definition) is 1. The Morgan fingerprint density at radius 1 is 1.47 bits per heavy atom. The van der Waals surface area contributed by atoms with Crippen molar-refractivity contribution in [2.24, 2.45) is 0 Å². The molecule has 1 atom stereocenters. The van der Waals surface area contributed by atoms with Crippen LogP contribution in [0.1, 0.15) is 29.4 Å². The molecule has 86 valence electrons. The maximum absolute atomic E-state index is 4.51. The fourth-order valence-corrected chi connectivity index (χ4v) is 2.82. The lowest BCUT2D eigenvalue weighted by molar-refractivity contribution is 0.594. The van der Waals surface area contributed by atoms with E-state index in [1.165, 1.54) is 27.1 Å². The van der Waals surface area contributed by atoms with Crippen LogP contribution >= 0.6 is 23.1 Å². The van der Waals surface area contributed by atoms with Crippen LogP contribution in [0.2, 0.25) is 0 Å². The second-order valence-corrected chi connectivity index (χ2v) is 6.30. The van der Waals surface area contributed by atoms with Crippen LogP contribution in [-0.4, -0.2) is 22.5 Å². The van der Waals surface area contributed by atoms with Crippen LogP contribution in [0.5, 0.6) is 0 Å². The van der Waals surface area contributed by atoms with Crippen molar-refractivity contribution < 1.29 is 0 Å². The first-order chi connectivity index (χ1) is 7.13. The number of nitrogens with zero attached hydrogens (tertiary/aromatic N) is 1. The van der Waals surface area contributed by atoms with E-state index in [4.69, 9.17) is 0 Å². The normalized spacial score (nSPS) is 13.1. The molecule has 0 aliphatic heterocycles. The van der Waals surface area contributed by atoms with Gasteiger partial charge in [-0.05, 0) is 26.5 Å². The number of thiazole rings is 1. The van der Waals surface area contributed by atoms with Crippen molar-refractivity contribution >= 4 is 23.1 Å². The Morgan fingerprint density at radius 3 is 2.73 bits per heavy atom. The average molecular weight is 244 g/mol. The van der Waals surface area contributed by atoms with Gasteiger partial charge in [-0.3, -0.25) is 0 Å². The first-order valence-corrected chi connectivity index (χ1v) is 7.34. The van der Waals surface area contributed by atoms with Gasteiger partial charge in [-0.1, -0.05) is 6.92 Å². The number of rotatable bonds is 6. The van der Waals surface area contributed by atoms with Gasteiger partial charge >= 0.3 is 0 Å². The van der Waals surface area contributed by atoms with Gasteiger partial charge in [0.2, 0.25) is 0 Å². The SMILES string of the molecule is CCSCC(C)NCc1nc(C)c(C)s1. The highest BCUT2D eigenvalue weighted by Gasteiger charge is 2.05. The molecular weight excluding hydrogens is 224 g/mol. The van der Waals surface area contributed by atoms with Crippen molar-refractivity contribution in [2.75, 3.05) is 11.5 Å². The molecule has 0 amide bonds. The number of nitrogens with one attached hydrogen (secondary N) is 1. The van der Waals surface area contributed by atoms with Gasteiger partial charge in [0.05, 0.1) is 5.69 Å². The Balaban J connectivity index is 2.30. The van der Waals surface area contributed by atoms with E-state index >= 15 is 0 Å². The molecule has 0 radical (unpaired) electrons. The molecule has 2 nitrogen and oxygen atoms in total. The average Bonchev–Trinajstić information content (AvgIpc) is 2.52. The molecule has 0 saturated heterocycles. The summed E-state index contributed by atoms with van der Waals surface area (Å²) in [5.41, 5.74) is 1.17. The van der Waals surface area contributed by atoms with Gasteiger partial charge in [-0.2, -0.15) is 11.8 Å². The highest BCUT2D eigenvalue weighted by Crippen LogP contribution is 2.16. The van der Waals surface area contributed by atoms with Crippen LogP contribution in [-0.2, 0) is 6.54 Å². The molecule has 0 aliphatic rings. The number of aryl methyl sites for hydroxylation is 2. The Bertz CT molecular complexity index is 277. The second kappa shape index (κ2) is 6.51. The lowest BCUT2D eigenvalue weighted by Crippen LogP contribution is -2.27. The summed E-state index contributed by atoms with van der Waals surface area (Å²) in [6.45, 7) is 9.55. The topological polar surface area (TPSA) is 24.9 Å². The summed E-state index contributed by atoms with van der Waals surface area (Å²) >= 11 is 3.78. The van der Waals surface area contributed by atoms with Crippen molar-refractivity contribution in [1.29, 1.82) is 0 Å². The van der Waals surface area contributed by atoms with Crippen LogP contribution in [0.25, 0.3) is 0 Å². The van der Waals surface area contributed by atoms with E-state index in [0.717, 1.165) is 6.54 Å². The van der Waals surface area contributed by atoms with E-state index in [-0.39, 0.29) is 0 Å². The summed E-state index contributed by atoms with van der Waals surface area (Å²) in [5, 5.41) is 4.71. The third-order valence-electron chi connectivity index (χ3n) is 2.25. The highest BCUT2D eigenvalue weighted by atomic mass is 32.2. The summed E-state index contributed by atoms with van der Waals surface area (Å²) in [5.74, 6) is 2.38. The maximum Gasteiger partial charge on any atom is 0.107 e. The van der Waals surface area contributed by atoms with Crippen LogP contribution in [0, 0.1) is 13.8 Å². The third kappa shape index (κ3) is 4.53. The number of hydrogen-bond acceptors (Lipinski definition) is 4. The van der Waals surface area contributed by atoms with Crippen molar-refractivity contribution in [3.05, 3.63) is 15.6 Å². The molecule has 1 rings (SSSR count). The monoisotopic (exact) mass is 244 g/mol. The Kier molecular flexibility index (Phi) is 5.64. The Hall–Kier alpha value is -0.0600. The molecule has 0 spiro atoms. The van der Waals surface area contributed by atoms with E-state index < -0.39 is 0 Å². The molecule has 1 aromatic heterocycles. The van der Waals surface area contributed by atoms with E-state index in [1.54, 1.807) is 11.3 Å². The molecule has 1 heterocycles. The highest BCUT2D eigenvalue weighted by molar-refractivity contribution is 7.99. The summed E-state index contributed by atoms with van der Waals surface area (Å²) in [6, 6.07) is 0.569. The molecule has 0 fully saturated rings. The number of aromatic nitrogens is 1. The molecule has 15 heavy (non-hydrogen) atoms. The predicted octanol–water partition coefficient (Wildman–Crippen LogP) is 2.99. The van der Waals surface area contributed by atoms with Crippen LogP contribution < -0.4 is 5.32 Å². The van der Waals surface area contributed by atoms with Crippen LogP contribution in [0.15, 0.2) is 0 Å². The minimum absolute atomic E-state index is 0.569. The molecule has 0 aromatic carbocycles. The fourth-order valence-electron chi connectivity index (χ4n) is 1.23. The molecule has 0 saturated carbocycles. The second-order valence-electron chi connectivity index (χ2n) is 3.69. The van der Waals surface area contributed by atoms with Gasteiger partial charge < -0.3 is 5.32 Å². The zero-order valence-electron chi connectivity index (χ0n) is 9.96. The number of thioether (sulfide) groups is 1. The minimum atomic E-state index is 0.569. The van der Waals surface area contributed by atoms with Gasteiger partial charge in [0.15, 0.2) is 0 Å². The summed E-state index contributed by atoms with van der Waals surface area (Å²) < 4.78 is 0. The summed E-state index contributed by atoms with van der Waals surface area (Å²) in [6.07, 6.45) is 0. The van der Waals surface area contributed by atoms with E-state index in [1.807, 2.05) is 11.8 Å². The zero-order valence-corrected chi connectivity index (χ0v) is 11.6. The first-order valence-electron chi connectivity index (χ1n) is 5.37. The van der Waals surface area contributed by atoms with Gasteiger partial charge in [0.1, 0.15) is 5.01 Å². The van der Waals surface area contributed by atoms with Crippen LogP contribution in [0.3, 0.4) is 0 Å². The molecule has 1 unspecified atom stereocenters. The van der Waals surface area contributed by atoms with Crippen molar-refractivity contribution in [1.82, 2.24) is 10.3 Å². The van der Waals surface area contributed by atoms with Crippen molar-refractivity contribution in [3.8, 4) is 0 Å². The lowest BCUT2D eigenvalue weighted by atomic mass is 10.4. The fraction of sp³-hybridized carbons (Fsp3) is 0.727. The van der Waals surface area contributed by atoms with Gasteiger partial charge in [0.25, 0.3) is 0 Å². The first kappa shape index (κ1) is 13.0. The molecule has 0 bridgehead atoms. The molecule has 1 N–H and O–H groups in total. The lowest BCUT2D eigenvalue weighted by Gasteiger charge is -2.11. The smallest absolute Gasteiger partial charge is 0.107 e. The minimum Gasteiger partial charge on any atom is -0.307 e. The van der Waals surface area contributed by atoms with Gasteiger partial charge in [0, 0.05) is 23.2 Å². The predicted molar refractivity (Wildman–Crippen MR) is 70.9 cm³/mol. The van der Waals surface area contributed by atoms with E-state index in [2.05, 4.69) is 38.0 Å². The largest absolute Gasteiger partial charge is 0.307 e. The molecular formula is C11H20N2S2. The molecule has 1 aromatic rings. The van der Waals surface area contributed by atoms with Gasteiger partial charge in [-0.15, -0.1) is 11.3 Å². The Morgan fingerprint density at radius 2 is 2.20 bits per heavy atom. The molecule has 0 aliphatic carbocycles. The third-order valence-corrected chi connectivity index (χ3v) is 4.46. The van der Waals surface area contributed by atoms with Crippen LogP contribution in [0.4, 0.5) is 0 Å². The summed E-state index contributed by atoms with van der Waals surface area (Å²) in [7, 11) is 0. The van der Waals surface area contributed by atoms with Gasteiger partial charge in [-0.25, -0.2) is 4.98 Å². The zero-order chi connectivity index (χ0) is 11.3. The molecule has 4 heteroatoms.